The summed E-state index contributed by atoms with van der Waals surface area (Å²) in [7, 11) is 0. The summed E-state index contributed by atoms with van der Waals surface area (Å²) < 4.78 is 0. The molecule has 0 saturated carbocycles. The third kappa shape index (κ3) is 6.29. The maximum Gasteiger partial charge on any atom is 0.315 e. The van der Waals surface area contributed by atoms with Gasteiger partial charge in [0.05, 0.1) is 12.6 Å². The summed E-state index contributed by atoms with van der Waals surface area (Å²) in [6.45, 7) is 6.62. The Hall–Kier alpha value is -2.04. The summed E-state index contributed by atoms with van der Waals surface area (Å²) in [5.74, 6) is -0.174. The van der Waals surface area contributed by atoms with Crippen molar-refractivity contribution < 1.29 is 9.59 Å². The van der Waals surface area contributed by atoms with Gasteiger partial charge in [0.2, 0.25) is 5.91 Å². The van der Waals surface area contributed by atoms with E-state index in [9.17, 15) is 9.59 Å². The molecule has 116 valence electrons. The molecule has 5 nitrogen and oxygen atoms in total. The molecule has 0 fully saturated rings. The maximum absolute atomic E-state index is 11.7. The number of benzene rings is 1. The summed E-state index contributed by atoms with van der Waals surface area (Å²) in [6, 6.07) is 7.70. The molecule has 1 atom stereocenters. The van der Waals surface area contributed by atoms with Gasteiger partial charge in [-0.05, 0) is 30.9 Å². The molecule has 0 saturated heterocycles. The van der Waals surface area contributed by atoms with Crippen LogP contribution in [-0.4, -0.2) is 25.0 Å². The minimum absolute atomic E-state index is 0.00662. The summed E-state index contributed by atoms with van der Waals surface area (Å²) in [5, 5.41) is 8.07. The molecule has 1 aromatic carbocycles. The number of hydrogen-bond donors (Lipinski definition) is 3. The van der Waals surface area contributed by atoms with Gasteiger partial charge in [0.25, 0.3) is 0 Å². The van der Waals surface area contributed by atoms with E-state index in [4.69, 9.17) is 0 Å². The standard InChI is InChI=1S/C16H25N3O2/c1-4-10-17-15(20)11-18-16(21)19-12(3)14-8-6-13(5-2)7-9-14/h6-9,12H,4-5,10-11H2,1-3H3,(H,17,20)(H2,18,19,21). The number of rotatable bonds is 7. The predicted molar refractivity (Wildman–Crippen MR) is 84.1 cm³/mol. The highest BCUT2D eigenvalue weighted by Gasteiger charge is 2.10. The normalized spacial score (nSPS) is 11.6. The molecule has 3 N–H and O–H groups in total. The second kappa shape index (κ2) is 9.00. The van der Waals surface area contributed by atoms with Gasteiger partial charge in [-0.2, -0.15) is 0 Å². The van der Waals surface area contributed by atoms with Crippen LogP contribution in [0.15, 0.2) is 24.3 Å². The monoisotopic (exact) mass is 291 g/mol. The van der Waals surface area contributed by atoms with Gasteiger partial charge in [-0.15, -0.1) is 0 Å². The summed E-state index contributed by atoms with van der Waals surface area (Å²) in [6.07, 6.45) is 1.87. The molecule has 3 amide bonds. The zero-order valence-electron chi connectivity index (χ0n) is 13.0. The second-order valence-corrected chi connectivity index (χ2v) is 4.99. The third-order valence-electron chi connectivity index (χ3n) is 3.22. The van der Waals surface area contributed by atoms with Crippen LogP contribution in [0.5, 0.6) is 0 Å². The molecule has 0 aliphatic rings. The van der Waals surface area contributed by atoms with Crippen LogP contribution >= 0.6 is 0 Å². The van der Waals surface area contributed by atoms with Crippen molar-refractivity contribution >= 4 is 11.9 Å². The molecular weight excluding hydrogens is 266 g/mol. The van der Waals surface area contributed by atoms with E-state index in [2.05, 4.69) is 35.0 Å². The van der Waals surface area contributed by atoms with Crippen LogP contribution in [-0.2, 0) is 11.2 Å². The lowest BCUT2D eigenvalue weighted by Crippen LogP contribution is -2.42. The van der Waals surface area contributed by atoms with Gasteiger partial charge in [-0.1, -0.05) is 38.1 Å². The van der Waals surface area contributed by atoms with E-state index < -0.39 is 0 Å². The number of aryl methyl sites for hydroxylation is 1. The first-order valence-corrected chi connectivity index (χ1v) is 7.46. The molecule has 0 aliphatic heterocycles. The first-order chi connectivity index (χ1) is 10.1. The van der Waals surface area contributed by atoms with E-state index in [1.54, 1.807) is 0 Å². The minimum atomic E-state index is -0.339. The maximum atomic E-state index is 11.7. The van der Waals surface area contributed by atoms with Gasteiger partial charge < -0.3 is 16.0 Å². The number of nitrogens with one attached hydrogen (secondary N) is 3. The van der Waals surface area contributed by atoms with Crippen LogP contribution < -0.4 is 16.0 Å². The van der Waals surface area contributed by atoms with Gasteiger partial charge >= 0.3 is 6.03 Å². The Kier molecular flexibility index (Phi) is 7.29. The molecule has 1 rings (SSSR count). The Morgan fingerprint density at radius 3 is 2.33 bits per heavy atom. The van der Waals surface area contributed by atoms with E-state index in [0.29, 0.717) is 6.54 Å². The topological polar surface area (TPSA) is 70.2 Å². The second-order valence-electron chi connectivity index (χ2n) is 4.99. The first-order valence-electron chi connectivity index (χ1n) is 7.46. The summed E-state index contributed by atoms with van der Waals surface area (Å²) in [5.41, 5.74) is 2.31. The van der Waals surface area contributed by atoms with Crippen LogP contribution in [0.1, 0.15) is 44.4 Å². The fourth-order valence-corrected chi connectivity index (χ4v) is 1.86. The fraction of sp³-hybridized carbons (Fsp3) is 0.500. The van der Waals surface area contributed by atoms with E-state index in [1.807, 2.05) is 26.0 Å². The largest absolute Gasteiger partial charge is 0.355 e. The lowest BCUT2D eigenvalue weighted by atomic mass is 10.1. The molecule has 0 aliphatic carbocycles. The van der Waals surface area contributed by atoms with Crippen molar-refractivity contribution in [1.29, 1.82) is 0 Å². The van der Waals surface area contributed by atoms with Crippen LogP contribution in [0.4, 0.5) is 4.79 Å². The van der Waals surface area contributed by atoms with Crippen molar-refractivity contribution in [2.24, 2.45) is 0 Å². The predicted octanol–water partition coefficient (Wildman–Crippen LogP) is 2.14. The Labute approximate surface area is 126 Å². The smallest absolute Gasteiger partial charge is 0.315 e. The summed E-state index contributed by atoms with van der Waals surface area (Å²) >= 11 is 0. The highest BCUT2D eigenvalue weighted by molar-refractivity contribution is 5.83. The Bertz CT molecular complexity index is 457. The van der Waals surface area contributed by atoms with Gasteiger partial charge in [-0.3, -0.25) is 4.79 Å². The van der Waals surface area contributed by atoms with Crippen molar-refractivity contribution in [3.8, 4) is 0 Å². The van der Waals surface area contributed by atoms with Gasteiger partial charge in [0, 0.05) is 6.54 Å². The molecule has 0 radical (unpaired) electrons. The SMILES string of the molecule is CCCNC(=O)CNC(=O)NC(C)c1ccc(CC)cc1. The van der Waals surface area contributed by atoms with Crippen molar-refractivity contribution in [2.45, 2.75) is 39.7 Å². The van der Waals surface area contributed by atoms with Gasteiger partial charge in [-0.25, -0.2) is 4.79 Å². The van der Waals surface area contributed by atoms with Gasteiger partial charge in [0.15, 0.2) is 0 Å². The Morgan fingerprint density at radius 2 is 1.76 bits per heavy atom. The van der Waals surface area contributed by atoms with Crippen LogP contribution in [0, 0.1) is 0 Å². The zero-order valence-corrected chi connectivity index (χ0v) is 13.0. The number of carbonyl (C=O) groups is 2. The fourth-order valence-electron chi connectivity index (χ4n) is 1.86. The average molecular weight is 291 g/mol. The molecule has 0 spiro atoms. The number of amides is 3. The molecular formula is C16H25N3O2. The Morgan fingerprint density at radius 1 is 1.10 bits per heavy atom. The molecule has 0 aromatic heterocycles. The number of hydrogen-bond acceptors (Lipinski definition) is 2. The molecule has 1 aromatic rings. The number of carbonyl (C=O) groups excluding carboxylic acids is 2. The first kappa shape index (κ1) is 17.0. The number of urea groups is 1. The highest BCUT2D eigenvalue weighted by Crippen LogP contribution is 2.13. The van der Waals surface area contributed by atoms with Crippen molar-refractivity contribution in [2.75, 3.05) is 13.1 Å². The third-order valence-corrected chi connectivity index (χ3v) is 3.22. The summed E-state index contributed by atoms with van der Waals surface area (Å²) in [4.78, 5) is 23.1. The van der Waals surface area contributed by atoms with Crippen LogP contribution in [0.25, 0.3) is 0 Å². The van der Waals surface area contributed by atoms with Crippen molar-refractivity contribution in [3.63, 3.8) is 0 Å². The van der Waals surface area contributed by atoms with Crippen molar-refractivity contribution in [1.82, 2.24) is 16.0 Å². The average Bonchev–Trinajstić information content (AvgIpc) is 2.50. The molecule has 0 bridgehead atoms. The van der Waals surface area contributed by atoms with E-state index in [0.717, 1.165) is 18.4 Å². The lowest BCUT2D eigenvalue weighted by Gasteiger charge is -2.15. The lowest BCUT2D eigenvalue weighted by molar-refractivity contribution is -0.120. The molecule has 5 heteroatoms. The Balaban J connectivity index is 2.37. The molecule has 0 heterocycles. The quantitative estimate of drug-likeness (QED) is 0.720. The molecule has 1 unspecified atom stereocenters. The minimum Gasteiger partial charge on any atom is -0.355 e. The van der Waals surface area contributed by atoms with E-state index in [-0.39, 0.29) is 24.5 Å². The van der Waals surface area contributed by atoms with Gasteiger partial charge in [0.1, 0.15) is 0 Å². The van der Waals surface area contributed by atoms with Crippen LogP contribution in [0.3, 0.4) is 0 Å². The van der Waals surface area contributed by atoms with E-state index >= 15 is 0 Å². The van der Waals surface area contributed by atoms with Crippen molar-refractivity contribution in [3.05, 3.63) is 35.4 Å². The van der Waals surface area contributed by atoms with E-state index in [1.165, 1.54) is 5.56 Å². The van der Waals surface area contributed by atoms with Crippen LogP contribution in [0.2, 0.25) is 0 Å². The molecule has 21 heavy (non-hydrogen) atoms. The zero-order chi connectivity index (χ0) is 15.7. The highest BCUT2D eigenvalue weighted by atomic mass is 16.2.